The van der Waals surface area contributed by atoms with Crippen LogP contribution in [0.2, 0.25) is 0 Å². The molecule has 1 aromatic carbocycles. The maximum Gasteiger partial charge on any atom is 0.222 e. The highest BCUT2D eigenvalue weighted by molar-refractivity contribution is 7.80. The molecule has 17 heavy (non-hydrogen) atoms. The van der Waals surface area contributed by atoms with Gasteiger partial charge in [0.15, 0.2) is 6.17 Å². The third-order valence-electron chi connectivity index (χ3n) is 2.54. The van der Waals surface area contributed by atoms with E-state index in [-0.39, 0.29) is 6.17 Å². The minimum absolute atomic E-state index is 0.107. The quantitative estimate of drug-likeness (QED) is 0.762. The monoisotopic (exact) mass is 259 g/mol. The van der Waals surface area contributed by atoms with Gasteiger partial charge in [-0.3, -0.25) is 4.90 Å². The summed E-state index contributed by atoms with van der Waals surface area (Å²) in [6, 6.07) is 14.1. The van der Waals surface area contributed by atoms with Crippen molar-refractivity contribution in [3.8, 4) is 0 Å². The summed E-state index contributed by atoms with van der Waals surface area (Å²) in [4.78, 5) is 3.12. The van der Waals surface area contributed by atoms with Crippen LogP contribution in [0.25, 0.3) is 0 Å². The van der Waals surface area contributed by atoms with Crippen LogP contribution in [0.4, 0.5) is 5.69 Å². The lowest BCUT2D eigenvalue weighted by molar-refractivity contribution is 0.781. The van der Waals surface area contributed by atoms with Gasteiger partial charge in [0.2, 0.25) is 5.11 Å². The molecule has 0 fully saturated rings. The van der Waals surface area contributed by atoms with Crippen molar-refractivity contribution in [2.24, 2.45) is 10.2 Å². The molecular weight excluding hydrogens is 250 g/mol. The highest BCUT2D eigenvalue weighted by atomic mass is 32.1. The van der Waals surface area contributed by atoms with Gasteiger partial charge in [-0.05, 0) is 35.8 Å². The molecule has 0 spiro atoms. The molecule has 1 aliphatic heterocycles. The van der Waals surface area contributed by atoms with Crippen molar-refractivity contribution in [3.63, 3.8) is 0 Å². The Bertz CT molecular complexity index is 548. The summed E-state index contributed by atoms with van der Waals surface area (Å²) in [7, 11) is 0. The molecule has 0 aliphatic carbocycles. The largest absolute Gasteiger partial charge is 0.286 e. The minimum atomic E-state index is -0.107. The van der Waals surface area contributed by atoms with Gasteiger partial charge in [-0.15, -0.1) is 16.5 Å². The first-order chi connectivity index (χ1) is 8.36. The zero-order valence-corrected chi connectivity index (χ0v) is 10.5. The maximum atomic E-state index is 5.24. The molecule has 0 N–H and O–H groups in total. The first-order valence-corrected chi connectivity index (χ1v) is 6.47. The molecule has 1 aliphatic rings. The van der Waals surface area contributed by atoms with Gasteiger partial charge in [0.05, 0.1) is 4.88 Å². The molecule has 3 nitrogen and oxygen atoms in total. The van der Waals surface area contributed by atoms with Gasteiger partial charge >= 0.3 is 0 Å². The topological polar surface area (TPSA) is 28.0 Å². The number of benzene rings is 1. The molecule has 0 saturated heterocycles. The second-order valence-electron chi connectivity index (χ2n) is 3.59. The zero-order chi connectivity index (χ0) is 11.7. The third kappa shape index (κ3) is 1.87. The van der Waals surface area contributed by atoms with Gasteiger partial charge in [0, 0.05) is 5.69 Å². The van der Waals surface area contributed by atoms with E-state index < -0.39 is 0 Å². The number of thiophene rings is 1. The van der Waals surface area contributed by atoms with Crippen LogP contribution in [-0.4, -0.2) is 5.11 Å². The van der Waals surface area contributed by atoms with Gasteiger partial charge in [0.1, 0.15) is 0 Å². The fraction of sp³-hybridized carbons (Fsp3) is 0.0833. The second kappa shape index (κ2) is 4.35. The van der Waals surface area contributed by atoms with Gasteiger partial charge in [-0.2, -0.15) is 5.11 Å². The Balaban J connectivity index is 2.00. The molecule has 0 radical (unpaired) electrons. The van der Waals surface area contributed by atoms with Gasteiger partial charge < -0.3 is 0 Å². The number of para-hydroxylation sites is 1. The predicted octanol–water partition coefficient (Wildman–Crippen LogP) is 4.00. The molecule has 0 bridgehead atoms. The molecule has 1 aromatic heterocycles. The van der Waals surface area contributed by atoms with E-state index in [0.29, 0.717) is 5.11 Å². The lowest BCUT2D eigenvalue weighted by Gasteiger charge is -2.22. The van der Waals surface area contributed by atoms with Gasteiger partial charge in [0.25, 0.3) is 0 Å². The Labute approximate surface area is 108 Å². The maximum absolute atomic E-state index is 5.24. The molecule has 3 rings (SSSR count). The molecule has 5 heteroatoms. The van der Waals surface area contributed by atoms with E-state index in [1.165, 1.54) is 0 Å². The number of hydrogen-bond donors (Lipinski definition) is 0. The average molecular weight is 259 g/mol. The summed E-state index contributed by atoms with van der Waals surface area (Å²) in [6.45, 7) is 0. The number of rotatable bonds is 2. The molecule has 0 saturated carbocycles. The van der Waals surface area contributed by atoms with Crippen molar-refractivity contribution in [1.82, 2.24) is 0 Å². The van der Waals surface area contributed by atoms with Crippen molar-refractivity contribution in [1.29, 1.82) is 0 Å². The smallest absolute Gasteiger partial charge is 0.222 e. The Morgan fingerprint density at radius 1 is 1.12 bits per heavy atom. The second-order valence-corrected chi connectivity index (χ2v) is 4.94. The molecule has 84 valence electrons. The molecule has 1 atom stereocenters. The molecule has 0 amide bonds. The van der Waals surface area contributed by atoms with E-state index >= 15 is 0 Å². The van der Waals surface area contributed by atoms with E-state index in [1.807, 2.05) is 46.7 Å². The Hall–Kier alpha value is -1.59. The standard InChI is InChI=1S/C12H9N3S2/c16-12-14-13-11(10-7-4-8-17-10)15(12)9-5-2-1-3-6-9/h1-8,11H. The number of anilines is 1. The number of thiocarbonyl (C=S) groups is 1. The average Bonchev–Trinajstić information content (AvgIpc) is 2.98. The predicted molar refractivity (Wildman–Crippen MR) is 73.4 cm³/mol. The molecular formula is C12H9N3S2. The van der Waals surface area contributed by atoms with Crippen LogP contribution in [0.5, 0.6) is 0 Å². The minimum Gasteiger partial charge on any atom is -0.286 e. The van der Waals surface area contributed by atoms with E-state index in [2.05, 4.69) is 16.3 Å². The lowest BCUT2D eigenvalue weighted by atomic mass is 10.2. The number of nitrogens with zero attached hydrogens (tertiary/aromatic N) is 3. The number of azo groups is 1. The zero-order valence-electron chi connectivity index (χ0n) is 8.85. The van der Waals surface area contributed by atoms with Gasteiger partial charge in [-0.1, -0.05) is 24.3 Å². The summed E-state index contributed by atoms with van der Waals surface area (Å²) in [5.41, 5.74) is 1.03. The van der Waals surface area contributed by atoms with E-state index in [9.17, 15) is 0 Å². The van der Waals surface area contributed by atoms with Crippen molar-refractivity contribution in [2.75, 3.05) is 4.90 Å². The van der Waals surface area contributed by atoms with Crippen molar-refractivity contribution in [2.45, 2.75) is 6.17 Å². The Morgan fingerprint density at radius 2 is 1.94 bits per heavy atom. The summed E-state index contributed by atoms with van der Waals surface area (Å²) in [6.07, 6.45) is -0.107. The van der Waals surface area contributed by atoms with Crippen molar-refractivity contribution >= 4 is 34.4 Å². The van der Waals surface area contributed by atoms with Gasteiger partial charge in [-0.25, -0.2) is 0 Å². The first kappa shape index (κ1) is 10.6. The van der Waals surface area contributed by atoms with Crippen LogP contribution < -0.4 is 4.90 Å². The summed E-state index contributed by atoms with van der Waals surface area (Å²) in [5.74, 6) is 0. The highest BCUT2D eigenvalue weighted by Gasteiger charge is 2.29. The lowest BCUT2D eigenvalue weighted by Crippen LogP contribution is -2.26. The van der Waals surface area contributed by atoms with E-state index in [1.54, 1.807) is 11.3 Å². The van der Waals surface area contributed by atoms with Crippen molar-refractivity contribution < 1.29 is 0 Å². The normalized spacial score (nSPS) is 18.9. The molecule has 1 unspecified atom stereocenters. The Kier molecular flexibility index (Phi) is 2.70. The molecule has 2 heterocycles. The number of hydrogen-bond acceptors (Lipinski definition) is 3. The van der Waals surface area contributed by atoms with Crippen LogP contribution in [0.1, 0.15) is 11.0 Å². The van der Waals surface area contributed by atoms with E-state index in [0.717, 1.165) is 10.6 Å². The fourth-order valence-corrected chi connectivity index (χ4v) is 2.77. The highest BCUT2D eigenvalue weighted by Crippen LogP contribution is 2.35. The fourth-order valence-electron chi connectivity index (χ4n) is 1.77. The molecule has 2 aromatic rings. The summed E-state index contributed by atoms with van der Waals surface area (Å²) >= 11 is 6.91. The van der Waals surface area contributed by atoms with Crippen molar-refractivity contribution in [3.05, 3.63) is 52.7 Å². The van der Waals surface area contributed by atoms with Crippen LogP contribution in [0, 0.1) is 0 Å². The SMILES string of the molecule is S=C1N=NC(c2cccs2)N1c1ccccc1. The summed E-state index contributed by atoms with van der Waals surface area (Å²) in [5, 5.41) is 10.8. The van der Waals surface area contributed by atoms with Crippen LogP contribution in [0.3, 0.4) is 0 Å². The van der Waals surface area contributed by atoms with E-state index in [4.69, 9.17) is 12.2 Å². The van der Waals surface area contributed by atoms with Crippen LogP contribution in [0.15, 0.2) is 58.1 Å². The Morgan fingerprint density at radius 3 is 2.65 bits per heavy atom. The third-order valence-corrected chi connectivity index (χ3v) is 3.73. The van der Waals surface area contributed by atoms with Crippen LogP contribution in [-0.2, 0) is 0 Å². The summed E-state index contributed by atoms with van der Waals surface area (Å²) < 4.78 is 0. The van der Waals surface area contributed by atoms with Crippen LogP contribution >= 0.6 is 23.6 Å². The first-order valence-electron chi connectivity index (χ1n) is 5.19.